The molecule has 4 unspecified atom stereocenters. The SMILES string of the molecule is CC1CC(C)(C)C(CN2CC(S)CC2=O)C1N. The highest BCUT2D eigenvalue weighted by molar-refractivity contribution is 7.81. The van der Waals surface area contributed by atoms with Gasteiger partial charge in [-0.2, -0.15) is 12.6 Å². The van der Waals surface area contributed by atoms with E-state index in [1.165, 1.54) is 0 Å². The summed E-state index contributed by atoms with van der Waals surface area (Å²) in [5.74, 6) is 1.21. The molecule has 0 spiro atoms. The first-order valence-electron chi connectivity index (χ1n) is 6.52. The summed E-state index contributed by atoms with van der Waals surface area (Å²) >= 11 is 4.40. The Morgan fingerprint density at radius 3 is 2.59 bits per heavy atom. The second-order valence-electron chi connectivity index (χ2n) is 6.51. The summed E-state index contributed by atoms with van der Waals surface area (Å²) in [4.78, 5) is 13.8. The molecule has 1 aliphatic carbocycles. The van der Waals surface area contributed by atoms with Crippen molar-refractivity contribution in [1.82, 2.24) is 4.90 Å². The molecule has 2 fully saturated rings. The van der Waals surface area contributed by atoms with Crippen LogP contribution >= 0.6 is 12.6 Å². The van der Waals surface area contributed by atoms with Crippen LogP contribution in [0.15, 0.2) is 0 Å². The molecule has 0 aromatic rings. The number of rotatable bonds is 2. The Labute approximate surface area is 110 Å². The minimum Gasteiger partial charge on any atom is -0.341 e. The van der Waals surface area contributed by atoms with Gasteiger partial charge in [0.2, 0.25) is 5.91 Å². The van der Waals surface area contributed by atoms with Crippen molar-refractivity contribution in [3.8, 4) is 0 Å². The van der Waals surface area contributed by atoms with Crippen molar-refractivity contribution in [3.63, 3.8) is 0 Å². The molecule has 1 saturated carbocycles. The molecule has 1 saturated heterocycles. The van der Waals surface area contributed by atoms with Crippen molar-refractivity contribution in [2.24, 2.45) is 23.0 Å². The van der Waals surface area contributed by atoms with Crippen molar-refractivity contribution in [2.75, 3.05) is 13.1 Å². The third-order valence-corrected chi connectivity index (χ3v) is 4.93. The van der Waals surface area contributed by atoms with Crippen LogP contribution in [-0.4, -0.2) is 35.2 Å². The largest absolute Gasteiger partial charge is 0.341 e. The van der Waals surface area contributed by atoms with E-state index in [9.17, 15) is 4.79 Å². The topological polar surface area (TPSA) is 46.3 Å². The fourth-order valence-electron chi connectivity index (χ4n) is 3.57. The Kier molecular flexibility index (Phi) is 3.47. The highest BCUT2D eigenvalue weighted by Gasteiger charge is 2.46. The monoisotopic (exact) mass is 256 g/mol. The average Bonchev–Trinajstić information content (AvgIpc) is 2.59. The van der Waals surface area contributed by atoms with Crippen LogP contribution in [0.3, 0.4) is 0 Å². The van der Waals surface area contributed by atoms with E-state index in [1.807, 2.05) is 4.90 Å². The van der Waals surface area contributed by atoms with E-state index in [2.05, 4.69) is 33.4 Å². The minimum absolute atomic E-state index is 0.209. The smallest absolute Gasteiger partial charge is 0.223 e. The molecule has 4 atom stereocenters. The summed E-state index contributed by atoms with van der Waals surface area (Å²) in [6, 6.07) is 0.219. The summed E-state index contributed by atoms with van der Waals surface area (Å²) in [5.41, 5.74) is 6.54. The summed E-state index contributed by atoms with van der Waals surface area (Å²) < 4.78 is 0. The molecule has 2 aliphatic rings. The van der Waals surface area contributed by atoms with Crippen LogP contribution < -0.4 is 5.73 Å². The van der Waals surface area contributed by atoms with Crippen LogP contribution in [0.1, 0.15) is 33.6 Å². The molecule has 0 bridgehead atoms. The summed E-state index contributed by atoms with van der Waals surface area (Å²) in [7, 11) is 0. The Morgan fingerprint density at radius 1 is 1.53 bits per heavy atom. The van der Waals surface area contributed by atoms with Gasteiger partial charge in [-0.25, -0.2) is 0 Å². The molecule has 17 heavy (non-hydrogen) atoms. The zero-order chi connectivity index (χ0) is 12.8. The molecule has 4 heteroatoms. The van der Waals surface area contributed by atoms with E-state index in [0.717, 1.165) is 19.5 Å². The van der Waals surface area contributed by atoms with Gasteiger partial charge in [0.25, 0.3) is 0 Å². The van der Waals surface area contributed by atoms with Gasteiger partial charge in [-0.3, -0.25) is 4.79 Å². The molecule has 2 N–H and O–H groups in total. The van der Waals surface area contributed by atoms with Gasteiger partial charge in [-0.1, -0.05) is 20.8 Å². The second-order valence-corrected chi connectivity index (χ2v) is 7.24. The first-order valence-corrected chi connectivity index (χ1v) is 7.04. The normalized spacial score (nSPS) is 41.2. The Hall–Kier alpha value is -0.220. The Morgan fingerprint density at radius 2 is 2.18 bits per heavy atom. The van der Waals surface area contributed by atoms with E-state index in [1.54, 1.807) is 0 Å². The first kappa shape index (κ1) is 13.2. The van der Waals surface area contributed by atoms with Crippen LogP contribution in [0.4, 0.5) is 0 Å². The van der Waals surface area contributed by atoms with E-state index in [0.29, 0.717) is 18.3 Å². The van der Waals surface area contributed by atoms with Crippen molar-refractivity contribution >= 4 is 18.5 Å². The standard InChI is InChI=1S/C13H24N2OS/c1-8-5-13(2,3)10(12(8)14)7-15-6-9(17)4-11(15)16/h8-10,12,17H,4-7,14H2,1-3H3. The number of hydrogen-bond donors (Lipinski definition) is 2. The quantitative estimate of drug-likeness (QED) is 0.736. The van der Waals surface area contributed by atoms with Crippen molar-refractivity contribution < 1.29 is 4.79 Å². The van der Waals surface area contributed by atoms with Crippen LogP contribution in [-0.2, 0) is 4.79 Å². The fourth-order valence-corrected chi connectivity index (χ4v) is 3.92. The minimum atomic E-state index is 0.209. The molecule has 98 valence electrons. The van der Waals surface area contributed by atoms with E-state index < -0.39 is 0 Å². The number of thiol groups is 1. The van der Waals surface area contributed by atoms with Gasteiger partial charge in [-0.05, 0) is 23.7 Å². The number of nitrogens with zero attached hydrogens (tertiary/aromatic N) is 1. The van der Waals surface area contributed by atoms with Crippen LogP contribution in [0.5, 0.6) is 0 Å². The van der Waals surface area contributed by atoms with Gasteiger partial charge < -0.3 is 10.6 Å². The van der Waals surface area contributed by atoms with E-state index >= 15 is 0 Å². The van der Waals surface area contributed by atoms with Gasteiger partial charge >= 0.3 is 0 Å². The van der Waals surface area contributed by atoms with Gasteiger partial charge in [0.05, 0.1) is 0 Å². The number of amides is 1. The van der Waals surface area contributed by atoms with Crippen LogP contribution in [0, 0.1) is 17.3 Å². The molecule has 1 aliphatic heterocycles. The molecule has 0 radical (unpaired) electrons. The summed E-state index contributed by atoms with van der Waals surface area (Å²) in [6.07, 6.45) is 1.74. The second kappa shape index (κ2) is 4.47. The molecular formula is C13H24N2OS. The average molecular weight is 256 g/mol. The lowest BCUT2D eigenvalue weighted by atomic mass is 9.80. The highest BCUT2D eigenvalue weighted by Crippen LogP contribution is 2.45. The molecule has 0 aromatic heterocycles. The van der Waals surface area contributed by atoms with Gasteiger partial charge in [0.15, 0.2) is 0 Å². The van der Waals surface area contributed by atoms with Crippen molar-refractivity contribution in [3.05, 3.63) is 0 Å². The molecule has 2 rings (SSSR count). The van der Waals surface area contributed by atoms with Gasteiger partial charge in [0, 0.05) is 30.8 Å². The Balaban J connectivity index is 2.05. The number of carbonyl (C=O) groups is 1. The van der Waals surface area contributed by atoms with E-state index in [4.69, 9.17) is 5.73 Å². The maximum atomic E-state index is 11.8. The number of nitrogens with two attached hydrogens (primary N) is 1. The van der Waals surface area contributed by atoms with Crippen molar-refractivity contribution in [2.45, 2.75) is 44.9 Å². The maximum absolute atomic E-state index is 11.8. The Bertz CT molecular complexity index is 319. The van der Waals surface area contributed by atoms with Gasteiger partial charge in [-0.15, -0.1) is 0 Å². The fraction of sp³-hybridized carbons (Fsp3) is 0.923. The van der Waals surface area contributed by atoms with E-state index in [-0.39, 0.29) is 22.6 Å². The third-order valence-electron chi connectivity index (χ3n) is 4.58. The van der Waals surface area contributed by atoms with Crippen LogP contribution in [0.25, 0.3) is 0 Å². The third kappa shape index (κ3) is 2.48. The number of carbonyl (C=O) groups excluding carboxylic acids is 1. The van der Waals surface area contributed by atoms with Crippen molar-refractivity contribution in [1.29, 1.82) is 0 Å². The van der Waals surface area contributed by atoms with Crippen LogP contribution in [0.2, 0.25) is 0 Å². The summed E-state index contributed by atoms with van der Waals surface area (Å²) in [5, 5.41) is 0.209. The number of hydrogen-bond acceptors (Lipinski definition) is 3. The molecule has 1 heterocycles. The summed E-state index contributed by atoms with van der Waals surface area (Å²) in [6.45, 7) is 8.38. The zero-order valence-electron chi connectivity index (χ0n) is 11.0. The number of likely N-dealkylation sites (tertiary alicyclic amines) is 1. The lowest BCUT2D eigenvalue weighted by Gasteiger charge is -2.33. The predicted molar refractivity (Wildman–Crippen MR) is 73.0 cm³/mol. The maximum Gasteiger partial charge on any atom is 0.223 e. The highest BCUT2D eigenvalue weighted by atomic mass is 32.1. The zero-order valence-corrected chi connectivity index (χ0v) is 11.9. The lowest BCUT2D eigenvalue weighted by Crippen LogP contribution is -2.43. The van der Waals surface area contributed by atoms with Gasteiger partial charge in [0.1, 0.15) is 0 Å². The molecule has 0 aromatic carbocycles. The predicted octanol–water partition coefficient (Wildman–Crippen LogP) is 1.53. The molecule has 3 nitrogen and oxygen atoms in total. The molecule has 1 amide bonds. The lowest BCUT2D eigenvalue weighted by molar-refractivity contribution is -0.128. The molecular weight excluding hydrogens is 232 g/mol. The first-order chi connectivity index (χ1) is 7.81.